The molecule has 3 rings (SSSR count). The van der Waals surface area contributed by atoms with Crippen LogP contribution in [0.15, 0.2) is 0 Å². The number of amides is 3. The van der Waals surface area contributed by atoms with Gasteiger partial charge in [0, 0.05) is 5.92 Å². The molecule has 0 radical (unpaired) electrons. The van der Waals surface area contributed by atoms with Crippen molar-refractivity contribution in [3.8, 4) is 0 Å². The van der Waals surface area contributed by atoms with Crippen LogP contribution in [0.4, 0.5) is 4.79 Å². The molecule has 0 unspecified atom stereocenters. The molecule has 3 fully saturated rings. The highest BCUT2D eigenvalue weighted by molar-refractivity contribution is 6.07. The van der Waals surface area contributed by atoms with E-state index in [0.29, 0.717) is 12.8 Å². The molecule has 1 saturated heterocycles. The summed E-state index contributed by atoms with van der Waals surface area (Å²) in [5.74, 6) is -1.71. The Labute approximate surface area is 91.4 Å². The Hall–Kier alpha value is -1.59. The highest BCUT2D eigenvalue weighted by Crippen LogP contribution is 2.54. The number of rotatable bonds is 1. The van der Waals surface area contributed by atoms with Crippen molar-refractivity contribution in [3.63, 3.8) is 0 Å². The van der Waals surface area contributed by atoms with Gasteiger partial charge >= 0.3 is 12.0 Å². The van der Waals surface area contributed by atoms with Gasteiger partial charge in [0.2, 0.25) is 0 Å². The fourth-order valence-electron chi connectivity index (χ4n) is 3.64. The zero-order valence-electron chi connectivity index (χ0n) is 8.53. The van der Waals surface area contributed by atoms with Crippen LogP contribution in [0.1, 0.15) is 19.3 Å². The van der Waals surface area contributed by atoms with Gasteiger partial charge in [-0.3, -0.25) is 14.9 Å². The molecule has 6 nitrogen and oxygen atoms in total. The molecule has 16 heavy (non-hydrogen) atoms. The number of hydrogen-bond acceptors (Lipinski definition) is 3. The van der Waals surface area contributed by atoms with Crippen molar-refractivity contribution in [1.82, 2.24) is 10.6 Å². The van der Waals surface area contributed by atoms with Gasteiger partial charge in [-0.05, 0) is 25.2 Å². The normalized spacial score (nSPS) is 44.9. The molecule has 2 aliphatic carbocycles. The molecule has 4 atom stereocenters. The van der Waals surface area contributed by atoms with E-state index in [4.69, 9.17) is 5.11 Å². The van der Waals surface area contributed by atoms with E-state index in [1.807, 2.05) is 0 Å². The van der Waals surface area contributed by atoms with Crippen molar-refractivity contribution in [1.29, 1.82) is 0 Å². The lowest BCUT2D eigenvalue weighted by atomic mass is 9.74. The van der Waals surface area contributed by atoms with Gasteiger partial charge < -0.3 is 10.4 Å². The molecule has 1 heterocycles. The van der Waals surface area contributed by atoms with Crippen LogP contribution in [-0.2, 0) is 9.59 Å². The second-order valence-corrected chi connectivity index (χ2v) is 4.97. The summed E-state index contributed by atoms with van der Waals surface area (Å²) in [6, 6.07) is -0.498. The highest BCUT2D eigenvalue weighted by Gasteiger charge is 2.64. The lowest BCUT2D eigenvalue weighted by Gasteiger charge is -2.33. The number of urea groups is 1. The van der Waals surface area contributed by atoms with Gasteiger partial charge in [-0.2, -0.15) is 0 Å². The van der Waals surface area contributed by atoms with Crippen LogP contribution in [0.25, 0.3) is 0 Å². The molecule has 0 aromatic carbocycles. The van der Waals surface area contributed by atoms with E-state index in [1.165, 1.54) is 0 Å². The number of aliphatic carboxylic acids is 1. The van der Waals surface area contributed by atoms with E-state index < -0.39 is 23.5 Å². The highest BCUT2D eigenvalue weighted by atomic mass is 16.4. The molecule has 6 heteroatoms. The minimum atomic E-state index is -0.941. The molecular weight excluding hydrogens is 212 g/mol. The average Bonchev–Trinajstić information content (AvgIpc) is 2.80. The molecule has 3 amide bonds. The Morgan fingerprint density at radius 1 is 1.38 bits per heavy atom. The molecular formula is C10H12N2O4. The Morgan fingerprint density at radius 2 is 2.12 bits per heavy atom. The Bertz CT molecular complexity index is 408. The van der Waals surface area contributed by atoms with Crippen LogP contribution in [0.2, 0.25) is 0 Å². The van der Waals surface area contributed by atoms with E-state index in [1.54, 1.807) is 0 Å². The molecule has 3 N–H and O–H groups in total. The molecule has 2 bridgehead atoms. The van der Waals surface area contributed by atoms with Crippen molar-refractivity contribution in [2.75, 3.05) is 0 Å². The zero-order valence-corrected chi connectivity index (χ0v) is 8.53. The lowest BCUT2D eigenvalue weighted by molar-refractivity contribution is -0.145. The standard InChI is InChI=1S/C10H12N2O4/c13-7(14)5-1-4-2-6(5)10(3-4)8(15)11-9(16)12-10/h4-6H,1-3H2,(H,13,14)(H2,11,12,15,16)/t4-,5-,6+,10-/m0/s1. The van der Waals surface area contributed by atoms with E-state index in [-0.39, 0.29) is 17.7 Å². The number of fused-ring (bicyclic) bond motifs is 3. The van der Waals surface area contributed by atoms with Gasteiger partial charge in [0.25, 0.3) is 5.91 Å². The minimum Gasteiger partial charge on any atom is -0.481 e. The number of carbonyl (C=O) groups excluding carboxylic acids is 2. The first kappa shape index (κ1) is 9.62. The number of nitrogens with one attached hydrogen (secondary N) is 2. The topological polar surface area (TPSA) is 95.5 Å². The van der Waals surface area contributed by atoms with Crippen molar-refractivity contribution in [2.45, 2.75) is 24.8 Å². The van der Waals surface area contributed by atoms with Crippen LogP contribution in [0.5, 0.6) is 0 Å². The van der Waals surface area contributed by atoms with Crippen LogP contribution < -0.4 is 10.6 Å². The number of hydrogen-bond donors (Lipinski definition) is 3. The Balaban J connectivity index is 1.96. The first-order valence-electron chi connectivity index (χ1n) is 5.39. The van der Waals surface area contributed by atoms with E-state index in [0.717, 1.165) is 6.42 Å². The lowest BCUT2D eigenvalue weighted by Crippen LogP contribution is -2.54. The molecule has 1 aliphatic heterocycles. The molecule has 86 valence electrons. The molecule has 1 spiro atoms. The van der Waals surface area contributed by atoms with Gasteiger partial charge in [-0.1, -0.05) is 0 Å². The predicted octanol–water partition coefficient (Wildman–Crippen LogP) is -0.305. The second kappa shape index (κ2) is 2.75. The Kier molecular flexibility index (Phi) is 1.65. The molecule has 3 aliphatic rings. The first-order chi connectivity index (χ1) is 7.53. The maximum atomic E-state index is 11.8. The van der Waals surface area contributed by atoms with Crippen LogP contribution in [0.3, 0.4) is 0 Å². The average molecular weight is 224 g/mol. The third-order valence-electron chi connectivity index (χ3n) is 4.19. The van der Waals surface area contributed by atoms with Gasteiger partial charge in [0.05, 0.1) is 5.92 Å². The van der Waals surface area contributed by atoms with Crippen molar-refractivity contribution in [3.05, 3.63) is 0 Å². The summed E-state index contributed by atoms with van der Waals surface area (Å²) in [6.45, 7) is 0. The fourth-order valence-corrected chi connectivity index (χ4v) is 3.64. The smallest absolute Gasteiger partial charge is 0.322 e. The maximum Gasteiger partial charge on any atom is 0.322 e. The largest absolute Gasteiger partial charge is 0.481 e. The van der Waals surface area contributed by atoms with Crippen LogP contribution >= 0.6 is 0 Å². The third kappa shape index (κ3) is 0.989. The van der Waals surface area contributed by atoms with Crippen LogP contribution in [-0.4, -0.2) is 28.6 Å². The van der Waals surface area contributed by atoms with E-state index in [2.05, 4.69) is 10.6 Å². The van der Waals surface area contributed by atoms with Crippen molar-refractivity contribution < 1.29 is 19.5 Å². The summed E-state index contributed by atoms with van der Waals surface area (Å²) in [4.78, 5) is 34.0. The second-order valence-electron chi connectivity index (χ2n) is 4.97. The quantitative estimate of drug-likeness (QED) is 0.532. The third-order valence-corrected chi connectivity index (χ3v) is 4.19. The maximum absolute atomic E-state index is 11.8. The van der Waals surface area contributed by atoms with Crippen molar-refractivity contribution in [2.24, 2.45) is 17.8 Å². The number of imide groups is 1. The first-order valence-corrected chi connectivity index (χ1v) is 5.39. The number of carboxylic acid groups (broad SMARTS) is 1. The summed E-state index contributed by atoms with van der Waals surface area (Å²) in [6.07, 6.45) is 1.94. The predicted molar refractivity (Wildman–Crippen MR) is 51.4 cm³/mol. The summed E-state index contributed by atoms with van der Waals surface area (Å²) in [7, 11) is 0. The molecule has 2 saturated carbocycles. The summed E-state index contributed by atoms with van der Waals surface area (Å²) in [5.41, 5.74) is -0.941. The van der Waals surface area contributed by atoms with E-state index >= 15 is 0 Å². The SMILES string of the molecule is O=C1NC(=O)[C@@]2(C[C@H]3C[C@H](C(=O)O)[C@H]2C3)N1. The van der Waals surface area contributed by atoms with Crippen LogP contribution in [0, 0.1) is 17.8 Å². The summed E-state index contributed by atoms with van der Waals surface area (Å²) < 4.78 is 0. The zero-order chi connectivity index (χ0) is 11.5. The van der Waals surface area contributed by atoms with Gasteiger partial charge in [-0.15, -0.1) is 0 Å². The number of carbonyl (C=O) groups is 3. The Morgan fingerprint density at radius 3 is 2.62 bits per heavy atom. The van der Waals surface area contributed by atoms with Gasteiger partial charge in [0.1, 0.15) is 5.54 Å². The molecule has 0 aromatic rings. The van der Waals surface area contributed by atoms with Crippen molar-refractivity contribution >= 4 is 17.9 Å². The summed E-state index contributed by atoms with van der Waals surface area (Å²) >= 11 is 0. The summed E-state index contributed by atoms with van der Waals surface area (Å²) in [5, 5.41) is 13.9. The minimum absolute atomic E-state index is 0.246. The molecule has 0 aromatic heterocycles. The fraction of sp³-hybridized carbons (Fsp3) is 0.700. The van der Waals surface area contributed by atoms with E-state index in [9.17, 15) is 14.4 Å². The number of carboxylic acids is 1. The van der Waals surface area contributed by atoms with Gasteiger partial charge in [-0.25, -0.2) is 4.79 Å². The monoisotopic (exact) mass is 224 g/mol. The van der Waals surface area contributed by atoms with Gasteiger partial charge in [0.15, 0.2) is 0 Å².